The Morgan fingerprint density at radius 2 is 2.04 bits per heavy atom. The number of aromatic nitrogens is 1. The summed E-state index contributed by atoms with van der Waals surface area (Å²) in [5, 5.41) is 13.4. The number of hydrogen-bond acceptors (Lipinski definition) is 5. The van der Waals surface area contributed by atoms with Gasteiger partial charge in [-0.05, 0) is 36.4 Å². The summed E-state index contributed by atoms with van der Waals surface area (Å²) in [6.45, 7) is 1.50. The molecule has 1 aliphatic carbocycles. The van der Waals surface area contributed by atoms with Crippen LogP contribution in [-0.4, -0.2) is 45.6 Å². The SMILES string of the molecule is CC(=O)c1ccc2cc3c(cc2n1)CC1(C3)C(=O)NC(O)N1C. The number of Topliss-reactive ketones (excluding diaryl/α,β-unsaturated/α-hetero) is 1. The van der Waals surface area contributed by atoms with Gasteiger partial charge in [0.15, 0.2) is 12.1 Å². The molecular weight excluding hydrogens is 294 g/mol. The second kappa shape index (κ2) is 4.59. The van der Waals surface area contributed by atoms with E-state index < -0.39 is 11.9 Å². The quantitative estimate of drug-likeness (QED) is 0.754. The predicted octanol–water partition coefficient (Wildman–Crippen LogP) is 0.612. The summed E-state index contributed by atoms with van der Waals surface area (Å²) < 4.78 is 0. The number of carbonyl (C=O) groups is 2. The second-order valence-electron chi connectivity index (χ2n) is 6.41. The fourth-order valence-corrected chi connectivity index (χ4v) is 3.63. The molecule has 1 aromatic heterocycles. The van der Waals surface area contributed by atoms with Gasteiger partial charge >= 0.3 is 0 Å². The van der Waals surface area contributed by atoms with Crippen LogP contribution in [0.5, 0.6) is 0 Å². The molecule has 2 unspecified atom stereocenters. The van der Waals surface area contributed by atoms with Gasteiger partial charge in [-0.25, -0.2) is 9.88 Å². The van der Waals surface area contributed by atoms with E-state index in [9.17, 15) is 14.7 Å². The van der Waals surface area contributed by atoms with Crippen LogP contribution in [0.25, 0.3) is 10.9 Å². The van der Waals surface area contributed by atoms with Gasteiger partial charge in [0.1, 0.15) is 11.2 Å². The standard InChI is InChI=1S/C17H17N3O3/c1-9(21)13-4-3-10-5-11-7-17(8-12(11)6-14(10)18-13)15(22)19-16(23)20(17)2/h3-6,16,23H,7-8H2,1-2H3,(H,19,22). The van der Waals surface area contributed by atoms with Crippen molar-refractivity contribution in [1.29, 1.82) is 0 Å². The number of carbonyl (C=O) groups excluding carboxylic acids is 2. The Bertz CT molecular complexity index is 864. The van der Waals surface area contributed by atoms with E-state index in [1.54, 1.807) is 18.0 Å². The lowest BCUT2D eigenvalue weighted by molar-refractivity contribution is -0.125. The third-order valence-electron chi connectivity index (χ3n) is 5.06. The summed E-state index contributed by atoms with van der Waals surface area (Å²) in [5.74, 6) is -0.216. The fraction of sp³-hybridized carbons (Fsp3) is 0.353. The molecule has 1 aliphatic heterocycles. The van der Waals surface area contributed by atoms with Gasteiger partial charge in [0.05, 0.1) is 5.52 Å². The number of aliphatic hydroxyl groups is 1. The molecule has 1 fully saturated rings. The first-order valence-corrected chi connectivity index (χ1v) is 7.56. The minimum Gasteiger partial charge on any atom is -0.361 e. The fourth-order valence-electron chi connectivity index (χ4n) is 3.63. The van der Waals surface area contributed by atoms with E-state index in [0.29, 0.717) is 18.5 Å². The smallest absolute Gasteiger partial charge is 0.244 e. The van der Waals surface area contributed by atoms with E-state index in [2.05, 4.69) is 10.3 Å². The number of nitrogens with zero attached hydrogens (tertiary/aromatic N) is 2. The molecule has 0 radical (unpaired) electrons. The minimum absolute atomic E-state index is 0.0677. The number of pyridine rings is 1. The van der Waals surface area contributed by atoms with Crippen molar-refractivity contribution >= 4 is 22.6 Å². The molecule has 1 saturated heterocycles. The number of nitrogens with one attached hydrogen (secondary N) is 1. The number of fused-ring (bicyclic) bond motifs is 2. The average Bonchev–Trinajstić information content (AvgIpc) is 2.98. The largest absolute Gasteiger partial charge is 0.361 e. The third kappa shape index (κ3) is 1.92. The molecule has 2 N–H and O–H groups in total. The Morgan fingerprint density at radius 1 is 1.35 bits per heavy atom. The van der Waals surface area contributed by atoms with Crippen LogP contribution in [0, 0.1) is 0 Å². The number of hydrogen-bond donors (Lipinski definition) is 2. The van der Waals surface area contributed by atoms with Crippen LogP contribution < -0.4 is 5.32 Å². The van der Waals surface area contributed by atoms with Gasteiger partial charge in [-0.2, -0.15) is 0 Å². The zero-order chi connectivity index (χ0) is 16.4. The Hall–Kier alpha value is -2.31. The van der Waals surface area contributed by atoms with Crippen molar-refractivity contribution in [3.05, 3.63) is 41.1 Å². The molecule has 1 aromatic carbocycles. The second-order valence-corrected chi connectivity index (χ2v) is 6.41. The number of aliphatic hydroxyl groups excluding tert-OH is 1. The summed E-state index contributed by atoms with van der Waals surface area (Å²) in [5.41, 5.74) is 2.60. The molecular formula is C17H17N3O3. The van der Waals surface area contributed by atoms with Crippen LogP contribution in [0.2, 0.25) is 0 Å². The molecule has 6 heteroatoms. The van der Waals surface area contributed by atoms with Gasteiger partial charge in [-0.3, -0.25) is 9.59 Å². The molecule has 0 saturated carbocycles. The van der Waals surface area contributed by atoms with Gasteiger partial charge in [0, 0.05) is 25.2 Å². The van der Waals surface area contributed by atoms with E-state index in [-0.39, 0.29) is 11.7 Å². The number of rotatable bonds is 1. The van der Waals surface area contributed by atoms with Crippen LogP contribution in [-0.2, 0) is 17.6 Å². The predicted molar refractivity (Wildman–Crippen MR) is 83.8 cm³/mol. The van der Waals surface area contributed by atoms with Gasteiger partial charge in [0.2, 0.25) is 5.91 Å². The Kier molecular flexibility index (Phi) is 2.86. The molecule has 6 nitrogen and oxygen atoms in total. The van der Waals surface area contributed by atoms with Crippen molar-refractivity contribution in [3.63, 3.8) is 0 Å². The zero-order valence-corrected chi connectivity index (χ0v) is 13.0. The van der Waals surface area contributed by atoms with E-state index in [0.717, 1.165) is 22.0 Å². The van der Waals surface area contributed by atoms with Crippen molar-refractivity contribution in [1.82, 2.24) is 15.2 Å². The summed E-state index contributed by atoms with van der Waals surface area (Å²) in [6, 6.07) is 7.59. The summed E-state index contributed by atoms with van der Waals surface area (Å²) in [4.78, 5) is 29.9. The van der Waals surface area contributed by atoms with Crippen molar-refractivity contribution in [2.45, 2.75) is 31.7 Å². The zero-order valence-electron chi connectivity index (χ0n) is 13.0. The highest BCUT2D eigenvalue weighted by molar-refractivity contribution is 5.95. The van der Waals surface area contributed by atoms with E-state index in [1.807, 2.05) is 18.2 Å². The molecule has 2 atom stereocenters. The Morgan fingerprint density at radius 3 is 2.65 bits per heavy atom. The van der Waals surface area contributed by atoms with Crippen molar-refractivity contribution in [2.24, 2.45) is 0 Å². The molecule has 2 aliphatic rings. The number of amides is 1. The Balaban J connectivity index is 1.81. The lowest BCUT2D eigenvalue weighted by Gasteiger charge is -2.29. The van der Waals surface area contributed by atoms with E-state index >= 15 is 0 Å². The molecule has 0 bridgehead atoms. The van der Waals surface area contributed by atoms with Gasteiger partial charge in [0.25, 0.3) is 0 Å². The average molecular weight is 311 g/mol. The van der Waals surface area contributed by atoms with E-state index in [1.165, 1.54) is 6.92 Å². The topological polar surface area (TPSA) is 82.5 Å². The van der Waals surface area contributed by atoms with Crippen molar-refractivity contribution in [2.75, 3.05) is 7.05 Å². The minimum atomic E-state index is -0.950. The van der Waals surface area contributed by atoms with Gasteiger partial charge < -0.3 is 10.4 Å². The van der Waals surface area contributed by atoms with Crippen LogP contribution in [0.15, 0.2) is 24.3 Å². The van der Waals surface area contributed by atoms with Gasteiger partial charge in [-0.15, -0.1) is 0 Å². The third-order valence-corrected chi connectivity index (χ3v) is 5.06. The van der Waals surface area contributed by atoms with Crippen LogP contribution in [0.4, 0.5) is 0 Å². The summed E-state index contributed by atoms with van der Waals surface area (Å²) in [6.07, 6.45) is 0.143. The highest BCUT2D eigenvalue weighted by atomic mass is 16.3. The number of ketones is 1. The maximum absolute atomic E-state index is 12.4. The highest BCUT2D eigenvalue weighted by Gasteiger charge is 2.54. The molecule has 2 heterocycles. The highest BCUT2D eigenvalue weighted by Crippen LogP contribution is 2.39. The first-order valence-electron chi connectivity index (χ1n) is 7.56. The van der Waals surface area contributed by atoms with Crippen molar-refractivity contribution in [3.8, 4) is 0 Å². The first kappa shape index (κ1) is 14.3. The summed E-state index contributed by atoms with van der Waals surface area (Å²) >= 11 is 0. The molecule has 1 amide bonds. The molecule has 118 valence electrons. The number of likely N-dealkylation sites (N-methyl/N-ethyl adjacent to an activating group) is 1. The van der Waals surface area contributed by atoms with E-state index in [4.69, 9.17) is 0 Å². The molecule has 2 aromatic rings. The van der Waals surface area contributed by atoms with Crippen molar-refractivity contribution < 1.29 is 14.7 Å². The van der Waals surface area contributed by atoms with Crippen LogP contribution >= 0.6 is 0 Å². The maximum Gasteiger partial charge on any atom is 0.244 e. The molecule has 4 rings (SSSR count). The summed E-state index contributed by atoms with van der Waals surface area (Å²) in [7, 11) is 1.75. The first-order chi connectivity index (χ1) is 10.9. The lowest BCUT2D eigenvalue weighted by atomic mass is 9.95. The van der Waals surface area contributed by atoms with Gasteiger partial charge in [-0.1, -0.05) is 6.07 Å². The molecule has 23 heavy (non-hydrogen) atoms. The van der Waals surface area contributed by atoms with Crippen LogP contribution in [0.3, 0.4) is 0 Å². The number of benzene rings is 1. The Labute approximate surface area is 133 Å². The van der Waals surface area contributed by atoms with Crippen LogP contribution in [0.1, 0.15) is 28.5 Å². The lowest BCUT2D eigenvalue weighted by Crippen LogP contribution is -2.49. The monoisotopic (exact) mass is 311 g/mol. The molecule has 1 spiro atoms. The normalized spacial score (nSPS) is 26.7. The maximum atomic E-state index is 12.4.